The molecule has 0 spiro atoms. The summed E-state index contributed by atoms with van der Waals surface area (Å²) in [5.74, 6) is 6.23. The Hall–Kier alpha value is -1.76. The zero-order valence-corrected chi connectivity index (χ0v) is 13.7. The number of pyridine rings is 1. The van der Waals surface area contributed by atoms with Crippen LogP contribution < -0.4 is 0 Å². The summed E-state index contributed by atoms with van der Waals surface area (Å²) in [6, 6.07) is 7.97. The predicted molar refractivity (Wildman–Crippen MR) is 89.2 cm³/mol. The summed E-state index contributed by atoms with van der Waals surface area (Å²) in [7, 11) is 0. The van der Waals surface area contributed by atoms with E-state index in [9.17, 15) is 0 Å². The van der Waals surface area contributed by atoms with Gasteiger partial charge in [0.2, 0.25) is 0 Å². The van der Waals surface area contributed by atoms with Crippen LogP contribution in [0.5, 0.6) is 0 Å². The van der Waals surface area contributed by atoms with E-state index in [1.807, 2.05) is 35.0 Å². The maximum absolute atomic E-state index is 6.29. The van der Waals surface area contributed by atoms with Crippen molar-refractivity contribution in [2.24, 2.45) is 0 Å². The van der Waals surface area contributed by atoms with E-state index in [0.29, 0.717) is 0 Å². The molecule has 0 aliphatic carbocycles. The quantitative estimate of drug-likeness (QED) is 0.547. The van der Waals surface area contributed by atoms with Crippen molar-refractivity contribution in [3.8, 4) is 11.8 Å². The lowest BCUT2D eigenvalue weighted by Crippen LogP contribution is -2.07. The van der Waals surface area contributed by atoms with Crippen molar-refractivity contribution in [3.63, 3.8) is 0 Å². The third-order valence-corrected chi connectivity index (χ3v) is 4.90. The second-order valence-corrected chi connectivity index (χ2v) is 7.54. The van der Waals surface area contributed by atoms with Gasteiger partial charge in [-0.25, -0.2) is 4.98 Å². The highest BCUT2D eigenvalue weighted by molar-refractivity contribution is 7.16. The van der Waals surface area contributed by atoms with Crippen LogP contribution >= 0.6 is 22.9 Å². The van der Waals surface area contributed by atoms with Gasteiger partial charge in [-0.3, -0.25) is 0 Å². The number of imidazole rings is 1. The van der Waals surface area contributed by atoms with Crippen LogP contribution in [0.15, 0.2) is 36.7 Å². The molecule has 3 rings (SSSR count). The smallest absolute Gasteiger partial charge is 0.138 e. The molecule has 0 N–H and O–H groups in total. The Balaban J connectivity index is 1.95. The highest BCUT2D eigenvalue weighted by Crippen LogP contribution is 2.35. The van der Waals surface area contributed by atoms with Gasteiger partial charge in [-0.05, 0) is 29.5 Å². The van der Waals surface area contributed by atoms with Crippen molar-refractivity contribution in [2.45, 2.75) is 26.2 Å². The van der Waals surface area contributed by atoms with Crippen molar-refractivity contribution in [1.82, 2.24) is 9.38 Å². The number of hydrogen-bond acceptors (Lipinski definition) is 2. The largest absolute Gasteiger partial charge is 0.306 e. The molecule has 0 amide bonds. The third kappa shape index (κ3) is 2.97. The van der Waals surface area contributed by atoms with E-state index in [4.69, 9.17) is 11.6 Å². The van der Waals surface area contributed by atoms with Crippen LogP contribution in [0.2, 0.25) is 4.34 Å². The molecule has 0 atom stereocenters. The van der Waals surface area contributed by atoms with Crippen molar-refractivity contribution < 1.29 is 0 Å². The van der Waals surface area contributed by atoms with E-state index < -0.39 is 0 Å². The first-order valence-electron chi connectivity index (χ1n) is 6.69. The molecule has 3 heterocycles. The van der Waals surface area contributed by atoms with Gasteiger partial charge in [0.25, 0.3) is 0 Å². The third-order valence-electron chi connectivity index (χ3n) is 3.12. The molecule has 2 nitrogen and oxygen atoms in total. The summed E-state index contributed by atoms with van der Waals surface area (Å²) in [6.45, 7) is 6.53. The van der Waals surface area contributed by atoms with Gasteiger partial charge in [0.05, 0.1) is 5.56 Å². The summed E-state index contributed by atoms with van der Waals surface area (Å²) >= 11 is 7.89. The molecule has 0 fully saturated rings. The molecule has 0 aliphatic heterocycles. The molecular weight excluding hydrogens is 300 g/mol. The highest BCUT2D eigenvalue weighted by atomic mass is 35.5. The fourth-order valence-electron chi connectivity index (χ4n) is 1.95. The maximum Gasteiger partial charge on any atom is 0.138 e. The van der Waals surface area contributed by atoms with Gasteiger partial charge in [0.1, 0.15) is 15.7 Å². The van der Waals surface area contributed by atoms with Gasteiger partial charge in [0, 0.05) is 17.3 Å². The molecule has 4 heteroatoms. The molecule has 106 valence electrons. The van der Waals surface area contributed by atoms with Crippen LogP contribution in [0.25, 0.3) is 5.65 Å². The van der Waals surface area contributed by atoms with Crippen molar-refractivity contribution >= 4 is 28.6 Å². The molecule has 3 aromatic rings. The molecule has 0 bridgehead atoms. The normalized spacial score (nSPS) is 11.4. The van der Waals surface area contributed by atoms with E-state index in [0.717, 1.165) is 21.2 Å². The highest BCUT2D eigenvalue weighted by Gasteiger charge is 2.18. The first-order chi connectivity index (χ1) is 9.93. The predicted octanol–water partition coefficient (Wildman–Crippen LogP) is 4.75. The van der Waals surface area contributed by atoms with E-state index in [2.05, 4.69) is 43.7 Å². The number of fused-ring (bicyclic) bond motifs is 1. The van der Waals surface area contributed by atoms with Crippen molar-refractivity contribution in [2.75, 3.05) is 0 Å². The molecule has 0 saturated heterocycles. The molecular formula is C17H15ClN2S. The number of halogens is 1. The molecule has 0 aliphatic rings. The van der Waals surface area contributed by atoms with Crippen molar-refractivity contribution in [3.05, 3.63) is 57.1 Å². The minimum absolute atomic E-state index is 0.0946. The van der Waals surface area contributed by atoms with Gasteiger partial charge >= 0.3 is 0 Å². The number of hydrogen-bond donors (Lipinski definition) is 0. The van der Waals surface area contributed by atoms with Crippen LogP contribution in [0, 0.1) is 11.8 Å². The lowest BCUT2D eigenvalue weighted by molar-refractivity contribution is 0.604. The fourth-order valence-corrected chi connectivity index (χ4v) is 3.20. The topological polar surface area (TPSA) is 17.3 Å². The Morgan fingerprint density at radius 3 is 2.71 bits per heavy atom. The molecule has 21 heavy (non-hydrogen) atoms. The van der Waals surface area contributed by atoms with E-state index in [-0.39, 0.29) is 5.41 Å². The standard InChI is InChI=1S/C17H15ClN2S/c1-17(2,3)14-10-12(16(18)21-14)7-8-13-11-20-9-5-4-6-15(20)19-13/h4-6,9-11H,1-3H3. The lowest BCUT2D eigenvalue weighted by atomic mass is 9.94. The zero-order valence-electron chi connectivity index (χ0n) is 12.1. The minimum atomic E-state index is 0.0946. The van der Waals surface area contributed by atoms with Crippen LogP contribution in [0.3, 0.4) is 0 Å². The first-order valence-corrected chi connectivity index (χ1v) is 7.88. The second-order valence-electron chi connectivity index (χ2n) is 5.89. The molecule has 3 aromatic heterocycles. The summed E-state index contributed by atoms with van der Waals surface area (Å²) in [4.78, 5) is 5.71. The van der Waals surface area contributed by atoms with Gasteiger partial charge in [-0.15, -0.1) is 11.3 Å². The van der Waals surface area contributed by atoms with Crippen LogP contribution in [-0.2, 0) is 5.41 Å². The Labute approximate surface area is 133 Å². The Morgan fingerprint density at radius 2 is 2.05 bits per heavy atom. The summed E-state index contributed by atoms with van der Waals surface area (Å²) in [5, 5.41) is 0. The molecule has 0 unspecified atom stereocenters. The molecule has 0 aromatic carbocycles. The molecule has 0 saturated carbocycles. The number of rotatable bonds is 0. The monoisotopic (exact) mass is 314 g/mol. The molecule has 0 radical (unpaired) electrons. The second kappa shape index (κ2) is 5.22. The number of thiophene rings is 1. The fraction of sp³-hybridized carbons (Fsp3) is 0.235. The average Bonchev–Trinajstić information content (AvgIpc) is 2.98. The Bertz CT molecular complexity index is 823. The van der Waals surface area contributed by atoms with Crippen LogP contribution in [0.1, 0.15) is 36.9 Å². The first kappa shape index (κ1) is 14.2. The SMILES string of the molecule is CC(C)(C)c1cc(C#Cc2cn3ccccc3n2)c(Cl)s1. The van der Waals surface area contributed by atoms with Crippen LogP contribution in [0.4, 0.5) is 0 Å². The average molecular weight is 315 g/mol. The van der Waals surface area contributed by atoms with E-state index >= 15 is 0 Å². The number of aromatic nitrogens is 2. The van der Waals surface area contributed by atoms with E-state index in [1.54, 1.807) is 11.3 Å². The Kier molecular flexibility index (Phi) is 3.52. The van der Waals surface area contributed by atoms with Gasteiger partial charge in [-0.1, -0.05) is 44.4 Å². The summed E-state index contributed by atoms with van der Waals surface area (Å²) < 4.78 is 2.70. The lowest BCUT2D eigenvalue weighted by Gasteiger charge is -2.14. The van der Waals surface area contributed by atoms with Crippen LogP contribution in [-0.4, -0.2) is 9.38 Å². The maximum atomic E-state index is 6.29. The van der Waals surface area contributed by atoms with Gasteiger partial charge < -0.3 is 4.40 Å². The van der Waals surface area contributed by atoms with Crippen molar-refractivity contribution in [1.29, 1.82) is 0 Å². The zero-order chi connectivity index (χ0) is 15.0. The van der Waals surface area contributed by atoms with Gasteiger partial charge in [0.15, 0.2) is 0 Å². The summed E-state index contributed by atoms with van der Waals surface area (Å²) in [6.07, 6.45) is 3.88. The minimum Gasteiger partial charge on any atom is -0.306 e. The summed E-state index contributed by atoms with van der Waals surface area (Å²) in [5.41, 5.74) is 2.62. The Morgan fingerprint density at radius 1 is 1.24 bits per heavy atom. The number of nitrogens with zero attached hydrogens (tertiary/aromatic N) is 2. The van der Waals surface area contributed by atoms with E-state index in [1.165, 1.54) is 4.88 Å². The van der Waals surface area contributed by atoms with Gasteiger partial charge in [-0.2, -0.15) is 0 Å².